The van der Waals surface area contributed by atoms with Crippen molar-refractivity contribution in [3.63, 3.8) is 0 Å². The first-order valence-corrected chi connectivity index (χ1v) is 4.84. The second-order valence-corrected chi connectivity index (χ2v) is 3.37. The summed E-state index contributed by atoms with van der Waals surface area (Å²) >= 11 is 0. The minimum atomic E-state index is -0.504. The van der Waals surface area contributed by atoms with Gasteiger partial charge in [-0.05, 0) is 17.7 Å². The Morgan fingerprint density at radius 1 is 1.40 bits per heavy atom. The second kappa shape index (κ2) is 6.50. The van der Waals surface area contributed by atoms with Crippen molar-refractivity contribution in [2.75, 3.05) is 20.3 Å². The Kier molecular flexibility index (Phi) is 5.25. The molecule has 0 radical (unpaired) electrons. The molecule has 2 N–H and O–H groups in total. The maximum Gasteiger partial charge on any atom is 0.123 e. The summed E-state index contributed by atoms with van der Waals surface area (Å²) in [4.78, 5) is 0. The van der Waals surface area contributed by atoms with E-state index >= 15 is 0 Å². The van der Waals surface area contributed by atoms with Gasteiger partial charge in [0.2, 0.25) is 0 Å². The third kappa shape index (κ3) is 4.88. The van der Waals surface area contributed by atoms with Crippen molar-refractivity contribution in [3.05, 3.63) is 35.6 Å². The van der Waals surface area contributed by atoms with Crippen LogP contribution in [-0.4, -0.2) is 31.5 Å². The van der Waals surface area contributed by atoms with E-state index in [1.165, 1.54) is 12.1 Å². The number of hydrogen-bond acceptors (Lipinski definition) is 3. The molecule has 4 heteroatoms. The lowest BCUT2D eigenvalue weighted by Crippen LogP contribution is -2.29. The monoisotopic (exact) mass is 213 g/mol. The Hall–Kier alpha value is -0.970. The Morgan fingerprint density at radius 2 is 2.07 bits per heavy atom. The van der Waals surface area contributed by atoms with E-state index in [0.29, 0.717) is 19.7 Å². The number of rotatable bonds is 6. The highest BCUT2D eigenvalue weighted by Crippen LogP contribution is 2.01. The highest BCUT2D eigenvalue weighted by atomic mass is 19.1. The molecule has 3 nitrogen and oxygen atoms in total. The molecule has 1 aromatic carbocycles. The van der Waals surface area contributed by atoms with E-state index in [1.807, 2.05) is 0 Å². The highest BCUT2D eigenvalue weighted by molar-refractivity contribution is 5.15. The van der Waals surface area contributed by atoms with Gasteiger partial charge in [-0.2, -0.15) is 0 Å². The van der Waals surface area contributed by atoms with E-state index in [-0.39, 0.29) is 5.82 Å². The lowest BCUT2D eigenvalue weighted by atomic mass is 10.2. The SMILES string of the molecule is COCC(O)CNCc1ccc(F)cc1. The Labute approximate surface area is 88.9 Å². The molecule has 0 aromatic heterocycles. The lowest BCUT2D eigenvalue weighted by Gasteiger charge is -2.10. The van der Waals surface area contributed by atoms with Gasteiger partial charge in [0.25, 0.3) is 0 Å². The zero-order valence-electron chi connectivity index (χ0n) is 8.74. The summed E-state index contributed by atoms with van der Waals surface area (Å²) in [6.07, 6.45) is -0.504. The van der Waals surface area contributed by atoms with Gasteiger partial charge in [0.15, 0.2) is 0 Å². The van der Waals surface area contributed by atoms with Crippen molar-refractivity contribution >= 4 is 0 Å². The molecule has 1 atom stereocenters. The molecule has 0 bridgehead atoms. The van der Waals surface area contributed by atoms with Gasteiger partial charge in [0.1, 0.15) is 5.82 Å². The van der Waals surface area contributed by atoms with E-state index in [0.717, 1.165) is 5.56 Å². The topological polar surface area (TPSA) is 41.5 Å². The molecule has 0 saturated heterocycles. The molecule has 0 aliphatic carbocycles. The molecular formula is C11H16FNO2. The van der Waals surface area contributed by atoms with Crippen LogP contribution in [0, 0.1) is 5.82 Å². The van der Waals surface area contributed by atoms with Crippen LogP contribution in [0.15, 0.2) is 24.3 Å². The normalized spacial score (nSPS) is 12.7. The zero-order chi connectivity index (χ0) is 11.1. The summed E-state index contributed by atoms with van der Waals surface area (Å²) in [6, 6.07) is 6.27. The van der Waals surface area contributed by atoms with E-state index in [9.17, 15) is 9.50 Å². The maximum atomic E-state index is 12.6. The third-order valence-corrected chi connectivity index (χ3v) is 1.98. The number of aliphatic hydroxyl groups excluding tert-OH is 1. The summed E-state index contributed by atoms with van der Waals surface area (Å²) in [5.74, 6) is -0.238. The van der Waals surface area contributed by atoms with Crippen LogP contribution in [0.5, 0.6) is 0 Å². The summed E-state index contributed by atoms with van der Waals surface area (Å²) in [6.45, 7) is 1.39. The maximum absolute atomic E-state index is 12.6. The van der Waals surface area contributed by atoms with E-state index in [1.54, 1.807) is 19.2 Å². The van der Waals surface area contributed by atoms with Crippen molar-refractivity contribution in [1.29, 1.82) is 0 Å². The Bertz CT molecular complexity index is 276. The van der Waals surface area contributed by atoms with Crippen molar-refractivity contribution < 1.29 is 14.2 Å². The summed E-state index contributed by atoms with van der Waals surface area (Å²) in [7, 11) is 1.54. The fourth-order valence-electron chi connectivity index (χ4n) is 1.24. The van der Waals surface area contributed by atoms with Crippen LogP contribution >= 0.6 is 0 Å². The molecule has 0 saturated carbocycles. The van der Waals surface area contributed by atoms with E-state index in [4.69, 9.17) is 4.74 Å². The molecule has 15 heavy (non-hydrogen) atoms. The lowest BCUT2D eigenvalue weighted by molar-refractivity contribution is 0.0644. The highest BCUT2D eigenvalue weighted by Gasteiger charge is 2.01. The van der Waals surface area contributed by atoms with Gasteiger partial charge in [0, 0.05) is 20.2 Å². The van der Waals surface area contributed by atoms with Gasteiger partial charge in [-0.25, -0.2) is 4.39 Å². The smallest absolute Gasteiger partial charge is 0.123 e. The molecule has 1 rings (SSSR count). The fourth-order valence-corrected chi connectivity index (χ4v) is 1.24. The van der Waals surface area contributed by atoms with Crippen LogP contribution in [0.25, 0.3) is 0 Å². The predicted octanol–water partition coefficient (Wildman–Crippen LogP) is 0.923. The molecule has 0 heterocycles. The first kappa shape index (κ1) is 12.1. The second-order valence-electron chi connectivity index (χ2n) is 3.37. The average molecular weight is 213 g/mol. The number of aliphatic hydroxyl groups is 1. The van der Waals surface area contributed by atoms with E-state index in [2.05, 4.69) is 5.32 Å². The standard InChI is InChI=1S/C11H16FNO2/c1-15-8-11(14)7-13-6-9-2-4-10(12)5-3-9/h2-5,11,13-14H,6-8H2,1H3. The van der Waals surface area contributed by atoms with Gasteiger partial charge in [0.05, 0.1) is 12.7 Å². The third-order valence-electron chi connectivity index (χ3n) is 1.98. The van der Waals surface area contributed by atoms with Crippen molar-refractivity contribution in [2.45, 2.75) is 12.6 Å². The summed E-state index contributed by atoms with van der Waals surface area (Å²) in [5.41, 5.74) is 0.987. The Morgan fingerprint density at radius 3 is 2.67 bits per heavy atom. The van der Waals surface area contributed by atoms with E-state index < -0.39 is 6.10 Å². The molecule has 0 fully saturated rings. The predicted molar refractivity (Wildman–Crippen MR) is 56.0 cm³/mol. The summed E-state index contributed by atoms with van der Waals surface area (Å²) < 4.78 is 17.3. The zero-order valence-corrected chi connectivity index (χ0v) is 8.74. The number of methoxy groups -OCH3 is 1. The quantitative estimate of drug-likeness (QED) is 0.738. The van der Waals surface area contributed by atoms with Crippen molar-refractivity contribution in [1.82, 2.24) is 5.32 Å². The summed E-state index contributed by atoms with van der Waals surface area (Å²) in [5, 5.41) is 12.4. The number of halogens is 1. The van der Waals surface area contributed by atoms with Crippen molar-refractivity contribution in [3.8, 4) is 0 Å². The molecule has 0 spiro atoms. The van der Waals surface area contributed by atoms with Crippen LogP contribution in [-0.2, 0) is 11.3 Å². The van der Waals surface area contributed by atoms with Gasteiger partial charge in [-0.15, -0.1) is 0 Å². The van der Waals surface area contributed by atoms with Crippen LogP contribution in [0.1, 0.15) is 5.56 Å². The van der Waals surface area contributed by atoms with Gasteiger partial charge in [-0.3, -0.25) is 0 Å². The van der Waals surface area contributed by atoms with Crippen LogP contribution in [0.2, 0.25) is 0 Å². The minimum absolute atomic E-state index is 0.238. The van der Waals surface area contributed by atoms with Gasteiger partial charge in [-0.1, -0.05) is 12.1 Å². The average Bonchev–Trinajstić information content (AvgIpc) is 2.21. The number of benzene rings is 1. The number of nitrogens with one attached hydrogen (secondary N) is 1. The van der Waals surface area contributed by atoms with Crippen LogP contribution < -0.4 is 5.32 Å². The molecule has 0 aliphatic heterocycles. The molecule has 1 unspecified atom stereocenters. The van der Waals surface area contributed by atoms with Crippen LogP contribution in [0.4, 0.5) is 4.39 Å². The first-order valence-electron chi connectivity index (χ1n) is 4.84. The van der Waals surface area contributed by atoms with Crippen molar-refractivity contribution in [2.24, 2.45) is 0 Å². The minimum Gasteiger partial charge on any atom is -0.389 e. The van der Waals surface area contributed by atoms with Crippen LogP contribution in [0.3, 0.4) is 0 Å². The molecule has 0 amide bonds. The molecule has 84 valence electrons. The largest absolute Gasteiger partial charge is 0.389 e. The molecular weight excluding hydrogens is 197 g/mol. The molecule has 0 aliphatic rings. The fraction of sp³-hybridized carbons (Fsp3) is 0.455. The molecule has 1 aromatic rings. The van der Waals surface area contributed by atoms with Gasteiger partial charge >= 0.3 is 0 Å². The number of ether oxygens (including phenoxy) is 1. The Balaban J connectivity index is 2.22. The number of hydrogen-bond donors (Lipinski definition) is 2. The first-order chi connectivity index (χ1) is 7.22. The van der Waals surface area contributed by atoms with Gasteiger partial charge < -0.3 is 15.2 Å².